The lowest BCUT2D eigenvalue weighted by Gasteiger charge is -2.38. The molecule has 1 saturated heterocycles. The molecule has 0 radical (unpaired) electrons. The quantitative estimate of drug-likeness (QED) is 0.289. The molecule has 5 nitrogen and oxygen atoms in total. The third-order valence-corrected chi connectivity index (χ3v) is 7.40. The van der Waals surface area contributed by atoms with Crippen LogP contribution < -0.4 is 10.6 Å². The number of halogens is 1. The Morgan fingerprint density at radius 1 is 1.34 bits per heavy atom. The molecular formula is C21H34IN5S2. The number of thiophene rings is 1. The van der Waals surface area contributed by atoms with Crippen molar-refractivity contribution < 1.29 is 0 Å². The van der Waals surface area contributed by atoms with Gasteiger partial charge in [0.25, 0.3) is 0 Å². The molecule has 0 spiro atoms. The first-order valence-corrected chi connectivity index (χ1v) is 12.1. The molecule has 2 N–H and O–H groups in total. The van der Waals surface area contributed by atoms with Gasteiger partial charge in [0.2, 0.25) is 0 Å². The van der Waals surface area contributed by atoms with Crippen LogP contribution in [0.2, 0.25) is 0 Å². The molecule has 0 saturated carbocycles. The average Bonchev–Trinajstić information content (AvgIpc) is 3.38. The van der Waals surface area contributed by atoms with Crippen LogP contribution >= 0.6 is 46.7 Å². The van der Waals surface area contributed by atoms with Crippen LogP contribution in [-0.4, -0.2) is 49.1 Å². The summed E-state index contributed by atoms with van der Waals surface area (Å²) in [5.74, 6) is 1.49. The molecule has 1 aliphatic rings. The first kappa shape index (κ1) is 24.6. The number of guanidine groups is 1. The largest absolute Gasteiger partial charge is 0.357 e. The summed E-state index contributed by atoms with van der Waals surface area (Å²) in [7, 11) is 2.25. The number of rotatable bonds is 8. The Balaban J connectivity index is 0.00000300. The van der Waals surface area contributed by atoms with Gasteiger partial charge in [-0.3, -0.25) is 9.89 Å². The van der Waals surface area contributed by atoms with Crippen molar-refractivity contribution in [3.8, 4) is 0 Å². The number of thiazole rings is 1. The predicted octanol–water partition coefficient (Wildman–Crippen LogP) is 4.57. The van der Waals surface area contributed by atoms with Gasteiger partial charge in [-0.15, -0.1) is 46.7 Å². The van der Waals surface area contributed by atoms with Crippen molar-refractivity contribution in [2.24, 2.45) is 10.9 Å². The molecule has 162 valence electrons. The Morgan fingerprint density at radius 3 is 2.90 bits per heavy atom. The number of nitrogens with zero attached hydrogens (tertiary/aromatic N) is 3. The maximum Gasteiger partial charge on any atom is 0.191 e. The molecule has 2 unspecified atom stereocenters. The van der Waals surface area contributed by atoms with Gasteiger partial charge in [0.15, 0.2) is 5.96 Å². The molecule has 2 atom stereocenters. The molecule has 0 aliphatic carbocycles. The lowest BCUT2D eigenvalue weighted by atomic mass is 9.88. The number of aromatic nitrogens is 1. The van der Waals surface area contributed by atoms with E-state index in [1.165, 1.54) is 34.1 Å². The number of piperidine rings is 1. The van der Waals surface area contributed by atoms with E-state index in [9.17, 15) is 0 Å². The Labute approximate surface area is 200 Å². The van der Waals surface area contributed by atoms with Gasteiger partial charge in [0.05, 0.1) is 5.01 Å². The van der Waals surface area contributed by atoms with Gasteiger partial charge in [0.1, 0.15) is 0 Å². The number of hydrogen-bond donors (Lipinski definition) is 2. The molecule has 29 heavy (non-hydrogen) atoms. The van der Waals surface area contributed by atoms with E-state index in [1.807, 2.05) is 28.9 Å². The minimum absolute atomic E-state index is 0. The molecule has 0 amide bonds. The van der Waals surface area contributed by atoms with Crippen LogP contribution in [0.25, 0.3) is 0 Å². The maximum absolute atomic E-state index is 4.94. The Kier molecular flexibility index (Phi) is 10.9. The zero-order valence-corrected chi connectivity index (χ0v) is 21.7. The molecule has 3 heterocycles. The normalized spacial score (nSPS) is 20.3. The number of aryl methyl sites for hydroxylation is 1. The van der Waals surface area contributed by atoms with Gasteiger partial charge in [0, 0.05) is 48.0 Å². The summed E-state index contributed by atoms with van der Waals surface area (Å²) >= 11 is 3.69. The summed E-state index contributed by atoms with van der Waals surface area (Å²) in [6.07, 6.45) is 6.51. The molecule has 2 aromatic heterocycles. The van der Waals surface area contributed by atoms with Gasteiger partial charge in [-0.25, -0.2) is 4.98 Å². The maximum atomic E-state index is 4.94. The van der Waals surface area contributed by atoms with Crippen molar-refractivity contribution in [1.29, 1.82) is 0 Å². The fourth-order valence-electron chi connectivity index (χ4n) is 3.83. The SMILES string of the molecule is CCNC(=NCC1CCCN(C)C1c1cccs1)NCCc1ncc(CC)s1.I. The zero-order valence-electron chi connectivity index (χ0n) is 17.7. The second-order valence-corrected chi connectivity index (χ2v) is 9.49. The Bertz CT molecular complexity index is 731. The highest BCUT2D eigenvalue weighted by molar-refractivity contribution is 14.0. The van der Waals surface area contributed by atoms with Crippen molar-refractivity contribution >= 4 is 52.6 Å². The van der Waals surface area contributed by atoms with Crippen molar-refractivity contribution in [2.45, 2.75) is 45.6 Å². The van der Waals surface area contributed by atoms with Gasteiger partial charge >= 0.3 is 0 Å². The predicted molar refractivity (Wildman–Crippen MR) is 137 cm³/mol. The summed E-state index contributed by atoms with van der Waals surface area (Å²) in [6, 6.07) is 4.93. The third kappa shape index (κ3) is 7.18. The fourth-order valence-corrected chi connectivity index (χ4v) is 5.67. The second-order valence-electron chi connectivity index (χ2n) is 7.31. The van der Waals surface area contributed by atoms with Gasteiger partial charge in [-0.2, -0.15) is 0 Å². The smallest absolute Gasteiger partial charge is 0.191 e. The zero-order chi connectivity index (χ0) is 19.8. The second kappa shape index (κ2) is 12.9. The van der Waals surface area contributed by atoms with E-state index in [1.54, 1.807) is 0 Å². The van der Waals surface area contributed by atoms with Crippen molar-refractivity contribution in [3.05, 3.63) is 38.5 Å². The van der Waals surface area contributed by atoms with Gasteiger partial charge in [-0.05, 0) is 57.1 Å². The summed E-state index contributed by atoms with van der Waals surface area (Å²) in [5.41, 5.74) is 0. The van der Waals surface area contributed by atoms with E-state index in [2.05, 4.69) is 58.9 Å². The van der Waals surface area contributed by atoms with Crippen molar-refractivity contribution in [1.82, 2.24) is 20.5 Å². The van der Waals surface area contributed by atoms with E-state index < -0.39 is 0 Å². The molecular weight excluding hydrogens is 513 g/mol. The average molecular weight is 548 g/mol. The highest BCUT2D eigenvalue weighted by Gasteiger charge is 2.31. The Morgan fingerprint density at radius 2 is 2.21 bits per heavy atom. The summed E-state index contributed by atoms with van der Waals surface area (Å²) in [4.78, 5) is 14.8. The molecule has 0 aromatic carbocycles. The lowest BCUT2D eigenvalue weighted by molar-refractivity contribution is 0.128. The van der Waals surface area contributed by atoms with E-state index in [0.29, 0.717) is 12.0 Å². The summed E-state index contributed by atoms with van der Waals surface area (Å²) in [5, 5.41) is 10.3. The first-order chi connectivity index (χ1) is 13.7. The topological polar surface area (TPSA) is 52.6 Å². The highest BCUT2D eigenvalue weighted by Crippen LogP contribution is 2.37. The first-order valence-electron chi connectivity index (χ1n) is 10.4. The van der Waals surface area contributed by atoms with Crippen LogP contribution in [0.1, 0.15) is 47.5 Å². The number of aliphatic imine (C=N–C) groups is 1. The Hall–Kier alpha value is -0.710. The molecule has 0 bridgehead atoms. The molecule has 8 heteroatoms. The van der Waals surface area contributed by atoms with Crippen LogP contribution in [0.3, 0.4) is 0 Å². The molecule has 2 aromatic rings. The van der Waals surface area contributed by atoms with Crippen LogP contribution in [0.5, 0.6) is 0 Å². The van der Waals surface area contributed by atoms with Gasteiger partial charge < -0.3 is 10.6 Å². The highest BCUT2D eigenvalue weighted by atomic mass is 127. The van der Waals surface area contributed by atoms with E-state index >= 15 is 0 Å². The van der Waals surface area contributed by atoms with Crippen LogP contribution in [0, 0.1) is 5.92 Å². The summed E-state index contributed by atoms with van der Waals surface area (Å²) in [6.45, 7) is 8.07. The number of hydrogen-bond acceptors (Lipinski definition) is 5. The molecule has 3 rings (SSSR count). The molecule has 1 aliphatic heterocycles. The third-order valence-electron chi connectivity index (χ3n) is 5.25. The van der Waals surface area contributed by atoms with Crippen LogP contribution in [0.15, 0.2) is 28.7 Å². The van der Waals surface area contributed by atoms with E-state index in [0.717, 1.165) is 38.4 Å². The van der Waals surface area contributed by atoms with E-state index in [4.69, 9.17) is 4.99 Å². The van der Waals surface area contributed by atoms with Crippen molar-refractivity contribution in [3.63, 3.8) is 0 Å². The van der Waals surface area contributed by atoms with Crippen molar-refractivity contribution in [2.75, 3.05) is 33.2 Å². The minimum Gasteiger partial charge on any atom is -0.357 e. The standard InChI is InChI=1S/C21H33N5S2.HI/c1-4-17-15-24-19(28-17)10-11-23-21(22-5-2)25-14-16-8-6-12-26(3)20(16)18-9-7-13-27-18;/h7,9,13,15-16,20H,4-6,8,10-12,14H2,1-3H3,(H2,22,23,25);1H. The molecule has 1 fully saturated rings. The van der Waals surface area contributed by atoms with Gasteiger partial charge in [-0.1, -0.05) is 13.0 Å². The van der Waals surface area contributed by atoms with Crippen LogP contribution in [-0.2, 0) is 12.8 Å². The minimum atomic E-state index is 0. The number of likely N-dealkylation sites (tertiary alicyclic amines) is 1. The lowest BCUT2D eigenvalue weighted by Crippen LogP contribution is -2.40. The summed E-state index contributed by atoms with van der Waals surface area (Å²) < 4.78 is 0. The monoisotopic (exact) mass is 547 g/mol. The van der Waals surface area contributed by atoms with Crippen LogP contribution in [0.4, 0.5) is 0 Å². The van der Waals surface area contributed by atoms with E-state index in [-0.39, 0.29) is 24.0 Å². The number of nitrogens with one attached hydrogen (secondary N) is 2. The fraction of sp³-hybridized carbons (Fsp3) is 0.619.